The van der Waals surface area contributed by atoms with Gasteiger partial charge in [-0.05, 0) is 184 Å². The summed E-state index contributed by atoms with van der Waals surface area (Å²) in [5.74, 6) is 6.12. The Labute approximate surface area is 360 Å². The van der Waals surface area contributed by atoms with E-state index in [2.05, 4.69) is 144 Å². The molecule has 0 radical (unpaired) electrons. The first-order valence-electron chi connectivity index (χ1n) is 25.2. The van der Waals surface area contributed by atoms with Crippen molar-refractivity contribution in [2.75, 3.05) is 0 Å². The Morgan fingerprint density at radius 1 is 0.474 bits per heavy atom. The lowest BCUT2D eigenvalue weighted by molar-refractivity contribution is -0.113. The topological polar surface area (TPSA) is 9.23 Å². The summed E-state index contributed by atoms with van der Waals surface area (Å²) in [6, 6.07) is 0. The van der Waals surface area contributed by atoms with Crippen LogP contribution in [-0.4, -0.2) is 11.7 Å². The molecule has 0 heterocycles. The van der Waals surface area contributed by atoms with Gasteiger partial charge in [-0.25, -0.2) is 0 Å². The van der Waals surface area contributed by atoms with Gasteiger partial charge in [0.25, 0.3) is 0 Å². The SMILES string of the molecule is CC(C)(C)/C=C/C1CC1.CC(C)(C)C12CC3CC(CC(C3)C1)C2.CC(C)(C)OC1CCCCCC1.CC(C)(C)[C@@H]1CCCC1(C)C.CC(C)(C)[C@H]1CCCC1(C)C. The number of hydrogen-bond acceptors (Lipinski definition) is 1. The summed E-state index contributed by atoms with van der Waals surface area (Å²) in [4.78, 5) is 0. The lowest BCUT2D eigenvalue weighted by Crippen LogP contribution is -2.51. The van der Waals surface area contributed by atoms with E-state index in [4.69, 9.17) is 4.74 Å². The van der Waals surface area contributed by atoms with Gasteiger partial charge >= 0.3 is 0 Å². The third-order valence-corrected chi connectivity index (χ3v) is 16.0. The molecule has 8 fully saturated rings. The predicted molar refractivity (Wildman–Crippen MR) is 255 cm³/mol. The molecule has 0 amide bonds. The minimum absolute atomic E-state index is 0.0506. The van der Waals surface area contributed by atoms with Gasteiger partial charge in [0.15, 0.2) is 0 Å². The van der Waals surface area contributed by atoms with Crippen molar-refractivity contribution >= 4 is 0 Å². The molecule has 1 nitrogen and oxygen atoms in total. The van der Waals surface area contributed by atoms with Crippen molar-refractivity contribution in [3.63, 3.8) is 0 Å². The molecule has 0 N–H and O–H groups in total. The highest BCUT2D eigenvalue weighted by atomic mass is 16.5. The Kier molecular flexibility index (Phi) is 17.8. The van der Waals surface area contributed by atoms with Gasteiger partial charge in [-0.1, -0.05) is 161 Å². The largest absolute Gasteiger partial charge is 0.373 e. The second kappa shape index (κ2) is 19.8. The first kappa shape index (κ1) is 51.1. The van der Waals surface area contributed by atoms with Crippen LogP contribution in [0.4, 0.5) is 0 Å². The van der Waals surface area contributed by atoms with Crippen LogP contribution < -0.4 is 0 Å². The Bertz CT molecular complexity index is 1110. The van der Waals surface area contributed by atoms with Gasteiger partial charge in [-0.3, -0.25) is 0 Å². The summed E-state index contributed by atoms with van der Waals surface area (Å²) >= 11 is 0. The Hall–Kier alpha value is -0.300. The highest BCUT2D eigenvalue weighted by Crippen LogP contribution is 2.65. The monoisotopic (exact) mass is 795 g/mol. The molecule has 0 aromatic carbocycles. The fourth-order valence-corrected chi connectivity index (χ4v) is 13.5. The highest BCUT2D eigenvalue weighted by Gasteiger charge is 2.55. The van der Waals surface area contributed by atoms with E-state index in [1.807, 2.05) is 0 Å². The van der Waals surface area contributed by atoms with Crippen LogP contribution in [0.15, 0.2) is 12.2 Å². The van der Waals surface area contributed by atoms with E-state index in [0.29, 0.717) is 38.6 Å². The molecule has 0 aromatic rings. The molecular formula is C56H106O. The van der Waals surface area contributed by atoms with Crippen molar-refractivity contribution in [1.29, 1.82) is 0 Å². The maximum Gasteiger partial charge on any atom is 0.0602 e. The summed E-state index contributed by atoms with van der Waals surface area (Å²) in [7, 11) is 0. The van der Waals surface area contributed by atoms with Gasteiger partial charge in [0.2, 0.25) is 0 Å². The molecule has 57 heavy (non-hydrogen) atoms. The predicted octanol–water partition coefficient (Wildman–Crippen LogP) is 18.5. The molecule has 8 rings (SSSR count). The molecule has 1 heteroatoms. The van der Waals surface area contributed by atoms with Crippen LogP contribution >= 0.6 is 0 Å². The Morgan fingerprint density at radius 3 is 1.11 bits per heavy atom. The molecular weight excluding hydrogens is 689 g/mol. The molecule has 0 aliphatic heterocycles. The number of rotatable bonds is 2. The molecule has 0 aromatic heterocycles. The highest BCUT2D eigenvalue weighted by molar-refractivity contribution is 5.06. The fraction of sp³-hybridized carbons (Fsp3) is 0.964. The summed E-state index contributed by atoms with van der Waals surface area (Å²) < 4.78 is 5.96. The van der Waals surface area contributed by atoms with Crippen molar-refractivity contribution in [2.24, 2.45) is 73.4 Å². The second-order valence-corrected chi connectivity index (χ2v) is 28.0. The van der Waals surface area contributed by atoms with E-state index >= 15 is 0 Å². The lowest BCUT2D eigenvalue weighted by Gasteiger charge is -2.62. The van der Waals surface area contributed by atoms with Crippen LogP contribution in [0.5, 0.6) is 0 Å². The summed E-state index contributed by atoms with van der Waals surface area (Å²) in [5, 5.41) is 0. The van der Waals surface area contributed by atoms with Crippen LogP contribution in [0.2, 0.25) is 0 Å². The van der Waals surface area contributed by atoms with Gasteiger partial charge in [0, 0.05) is 0 Å². The van der Waals surface area contributed by atoms with Crippen molar-refractivity contribution < 1.29 is 4.74 Å². The molecule has 8 aliphatic carbocycles. The van der Waals surface area contributed by atoms with Crippen LogP contribution in [0.25, 0.3) is 0 Å². The van der Waals surface area contributed by atoms with Crippen molar-refractivity contribution in [3.8, 4) is 0 Å². The third kappa shape index (κ3) is 17.2. The van der Waals surface area contributed by atoms with Crippen molar-refractivity contribution in [2.45, 2.75) is 272 Å². The molecule has 0 unspecified atom stereocenters. The van der Waals surface area contributed by atoms with Crippen LogP contribution in [0.1, 0.15) is 260 Å². The fourth-order valence-electron chi connectivity index (χ4n) is 13.5. The van der Waals surface area contributed by atoms with E-state index in [0.717, 1.165) is 40.9 Å². The van der Waals surface area contributed by atoms with E-state index in [1.165, 1.54) is 89.9 Å². The minimum Gasteiger partial charge on any atom is -0.373 e. The zero-order valence-corrected chi connectivity index (χ0v) is 42.7. The summed E-state index contributed by atoms with van der Waals surface area (Å²) in [6.07, 6.45) is 34.2. The van der Waals surface area contributed by atoms with Gasteiger partial charge < -0.3 is 4.74 Å². The van der Waals surface area contributed by atoms with Crippen molar-refractivity contribution in [3.05, 3.63) is 12.2 Å². The number of allylic oxidation sites excluding steroid dienone is 2. The van der Waals surface area contributed by atoms with E-state index < -0.39 is 0 Å². The maximum atomic E-state index is 5.96. The van der Waals surface area contributed by atoms with E-state index in [1.54, 1.807) is 38.5 Å². The smallest absolute Gasteiger partial charge is 0.0602 e. The van der Waals surface area contributed by atoms with Crippen LogP contribution in [0.3, 0.4) is 0 Å². The molecule has 2 atom stereocenters. The molecule has 336 valence electrons. The van der Waals surface area contributed by atoms with Gasteiger partial charge in [-0.2, -0.15) is 0 Å². The standard InChI is InChI=1S/C14H24.C11H22O.2C11H22.C9H16/c1-13(2,3)14-7-10-4-11(8-14)6-12(5-10)9-14;1-11(2,3)12-10-8-6-4-5-7-9-10;2*1-10(2,3)9-7-6-8-11(9,4)5;1-9(2,3)7-6-8-4-5-8/h10-12H,4-9H2,1-3H3;10H,4-9H2,1-3H3;2*9H,6-8H2,1-5H3;6-8H,4-5H2,1-3H3/b;;;;7-6+/t;;2*9-;/m..10./s1. The molecule has 8 aliphatic rings. The first-order chi connectivity index (χ1) is 25.8. The minimum atomic E-state index is 0.0506. The normalized spacial score (nSPS) is 32.5. The lowest BCUT2D eigenvalue weighted by atomic mass is 9.43. The van der Waals surface area contributed by atoms with Gasteiger partial charge in [0.1, 0.15) is 0 Å². The van der Waals surface area contributed by atoms with E-state index in [-0.39, 0.29) is 5.60 Å². The van der Waals surface area contributed by atoms with Crippen molar-refractivity contribution in [1.82, 2.24) is 0 Å². The quantitative estimate of drug-likeness (QED) is 0.200. The second-order valence-electron chi connectivity index (χ2n) is 28.0. The average molecular weight is 795 g/mol. The average Bonchev–Trinajstić information content (AvgIpc) is 3.73. The summed E-state index contributed by atoms with van der Waals surface area (Å²) in [6.45, 7) is 44.6. The molecule has 0 spiro atoms. The zero-order chi connectivity index (χ0) is 43.3. The summed E-state index contributed by atoms with van der Waals surface area (Å²) in [5.41, 5.74) is 3.96. The molecule has 4 bridgehead atoms. The zero-order valence-electron chi connectivity index (χ0n) is 42.7. The van der Waals surface area contributed by atoms with E-state index in [9.17, 15) is 0 Å². The Balaban J connectivity index is 0.000000192. The van der Waals surface area contributed by atoms with Gasteiger partial charge in [-0.15, -0.1) is 0 Å². The number of hydrogen-bond donors (Lipinski definition) is 0. The molecule has 8 saturated carbocycles. The van der Waals surface area contributed by atoms with Gasteiger partial charge in [0.05, 0.1) is 11.7 Å². The Morgan fingerprint density at radius 2 is 0.860 bits per heavy atom. The maximum absolute atomic E-state index is 5.96. The van der Waals surface area contributed by atoms with Crippen LogP contribution in [0, 0.1) is 73.4 Å². The molecule has 0 saturated heterocycles. The van der Waals surface area contributed by atoms with Crippen LogP contribution in [-0.2, 0) is 4.74 Å². The first-order valence-corrected chi connectivity index (χ1v) is 25.2. The number of ether oxygens (including phenoxy) is 1. The third-order valence-electron chi connectivity index (χ3n) is 16.0.